The normalized spacial score (nSPS) is 10.6. The highest BCUT2D eigenvalue weighted by Gasteiger charge is 2.19. The van der Waals surface area contributed by atoms with Crippen molar-refractivity contribution in [1.29, 1.82) is 0 Å². The minimum Gasteiger partial charge on any atom is -0.497 e. The number of carbonyl (C=O) groups excluding carboxylic acids is 2. The number of pyridine rings is 1. The van der Waals surface area contributed by atoms with E-state index in [1.807, 2.05) is 6.07 Å². The Morgan fingerprint density at radius 3 is 2.81 bits per heavy atom. The molecule has 1 aromatic carbocycles. The number of hydrogen-bond acceptors (Lipinski definition) is 5. The molecule has 140 valence electrons. The molecule has 0 aliphatic heterocycles. The summed E-state index contributed by atoms with van der Waals surface area (Å²) in [5.74, 6) is 0.264. The van der Waals surface area contributed by atoms with Crippen LogP contribution in [0.2, 0.25) is 0 Å². The Bertz CT molecular complexity index is 1000. The maximum Gasteiger partial charge on any atom is 0.312 e. The first-order chi connectivity index (χ1) is 13.0. The Hall–Kier alpha value is -2.87. The van der Waals surface area contributed by atoms with Gasteiger partial charge in [0, 0.05) is 16.2 Å². The Balaban J connectivity index is 1.98. The van der Waals surface area contributed by atoms with E-state index in [0.717, 1.165) is 4.47 Å². The first kappa shape index (κ1) is 18.9. The number of imidazole rings is 1. The number of nitrogens with one attached hydrogen (secondary N) is 1. The van der Waals surface area contributed by atoms with Gasteiger partial charge in [0.15, 0.2) is 0 Å². The molecule has 7 nitrogen and oxygen atoms in total. The molecule has 3 rings (SSSR count). The van der Waals surface area contributed by atoms with Gasteiger partial charge in [0.1, 0.15) is 17.2 Å². The molecule has 0 fully saturated rings. The fourth-order valence-electron chi connectivity index (χ4n) is 2.62. The van der Waals surface area contributed by atoms with E-state index in [4.69, 9.17) is 9.47 Å². The molecule has 2 aromatic heterocycles. The average molecular weight is 432 g/mol. The Morgan fingerprint density at radius 1 is 1.26 bits per heavy atom. The molecule has 0 unspecified atom stereocenters. The molecule has 2 heterocycles. The van der Waals surface area contributed by atoms with E-state index in [2.05, 4.69) is 26.2 Å². The first-order valence-electron chi connectivity index (χ1n) is 8.29. The number of rotatable bonds is 6. The molecule has 27 heavy (non-hydrogen) atoms. The second-order valence-corrected chi connectivity index (χ2v) is 6.57. The lowest BCUT2D eigenvalue weighted by Gasteiger charge is -2.09. The molecule has 0 saturated carbocycles. The van der Waals surface area contributed by atoms with Gasteiger partial charge >= 0.3 is 5.97 Å². The van der Waals surface area contributed by atoms with Gasteiger partial charge in [-0.1, -0.05) is 6.07 Å². The fourth-order valence-corrected chi connectivity index (χ4v) is 2.95. The van der Waals surface area contributed by atoms with Crippen LogP contribution in [0.3, 0.4) is 0 Å². The van der Waals surface area contributed by atoms with Gasteiger partial charge in [0.05, 0.1) is 25.8 Å². The van der Waals surface area contributed by atoms with E-state index < -0.39 is 5.97 Å². The van der Waals surface area contributed by atoms with Crippen molar-refractivity contribution in [2.24, 2.45) is 0 Å². The summed E-state index contributed by atoms with van der Waals surface area (Å²) in [4.78, 5) is 29.1. The SMILES string of the molecule is CCOC(=O)Cc1nc2ccc(Br)cn2c1NC(=O)c1cccc(OC)c1. The molecule has 0 spiro atoms. The number of halogens is 1. The lowest BCUT2D eigenvalue weighted by Crippen LogP contribution is -2.16. The minimum absolute atomic E-state index is 0.0408. The predicted molar refractivity (Wildman–Crippen MR) is 104 cm³/mol. The van der Waals surface area contributed by atoms with Gasteiger partial charge in [-0.2, -0.15) is 0 Å². The number of nitrogens with zero attached hydrogens (tertiary/aromatic N) is 2. The maximum absolute atomic E-state index is 12.7. The van der Waals surface area contributed by atoms with Gasteiger partial charge in [-0.3, -0.25) is 14.0 Å². The third kappa shape index (κ3) is 4.28. The van der Waals surface area contributed by atoms with Crippen LogP contribution in [0.4, 0.5) is 5.82 Å². The highest BCUT2D eigenvalue weighted by Crippen LogP contribution is 2.23. The number of esters is 1. The summed E-state index contributed by atoms with van der Waals surface area (Å²) in [5.41, 5.74) is 1.47. The van der Waals surface area contributed by atoms with Crippen molar-refractivity contribution in [2.75, 3.05) is 19.0 Å². The van der Waals surface area contributed by atoms with Crippen LogP contribution in [-0.2, 0) is 16.0 Å². The molecule has 0 aliphatic rings. The molecular weight excluding hydrogens is 414 g/mol. The lowest BCUT2D eigenvalue weighted by atomic mass is 10.2. The number of methoxy groups -OCH3 is 1. The predicted octanol–water partition coefficient (Wildman–Crippen LogP) is 3.46. The molecular formula is C19H18BrN3O4. The molecule has 1 amide bonds. The molecule has 0 atom stereocenters. The summed E-state index contributed by atoms with van der Waals surface area (Å²) in [7, 11) is 1.54. The number of anilines is 1. The molecule has 3 aromatic rings. The van der Waals surface area contributed by atoms with Gasteiger partial charge in [-0.25, -0.2) is 4.98 Å². The molecule has 0 saturated heterocycles. The van der Waals surface area contributed by atoms with Crippen molar-refractivity contribution < 1.29 is 19.1 Å². The van der Waals surface area contributed by atoms with Gasteiger partial charge in [-0.05, 0) is 53.2 Å². The van der Waals surface area contributed by atoms with Crippen LogP contribution in [0.15, 0.2) is 47.1 Å². The quantitative estimate of drug-likeness (QED) is 0.604. The van der Waals surface area contributed by atoms with Crippen LogP contribution in [0.1, 0.15) is 23.0 Å². The van der Waals surface area contributed by atoms with Crippen LogP contribution in [0.25, 0.3) is 5.65 Å². The summed E-state index contributed by atoms with van der Waals surface area (Å²) in [6.45, 7) is 2.02. The van der Waals surface area contributed by atoms with Crippen molar-refractivity contribution in [2.45, 2.75) is 13.3 Å². The van der Waals surface area contributed by atoms with E-state index in [-0.39, 0.29) is 18.9 Å². The zero-order valence-corrected chi connectivity index (χ0v) is 16.4. The molecule has 0 bridgehead atoms. The van der Waals surface area contributed by atoms with Crippen molar-refractivity contribution >= 4 is 39.3 Å². The molecule has 0 aliphatic carbocycles. The van der Waals surface area contributed by atoms with E-state index in [9.17, 15) is 9.59 Å². The van der Waals surface area contributed by atoms with E-state index in [0.29, 0.717) is 28.5 Å². The molecule has 1 N–H and O–H groups in total. The van der Waals surface area contributed by atoms with Crippen molar-refractivity contribution in [1.82, 2.24) is 9.38 Å². The molecule has 8 heteroatoms. The number of hydrogen-bond donors (Lipinski definition) is 1. The summed E-state index contributed by atoms with van der Waals surface area (Å²) >= 11 is 3.41. The highest BCUT2D eigenvalue weighted by molar-refractivity contribution is 9.10. The van der Waals surface area contributed by atoms with Crippen molar-refractivity contribution in [3.05, 3.63) is 58.3 Å². The lowest BCUT2D eigenvalue weighted by molar-refractivity contribution is -0.142. The van der Waals surface area contributed by atoms with Gasteiger partial charge in [0.2, 0.25) is 0 Å². The maximum atomic E-state index is 12.7. The van der Waals surface area contributed by atoms with Gasteiger partial charge in [-0.15, -0.1) is 0 Å². The largest absolute Gasteiger partial charge is 0.497 e. The summed E-state index contributed by atoms with van der Waals surface area (Å²) in [6.07, 6.45) is 1.74. The second kappa shape index (κ2) is 8.22. The van der Waals surface area contributed by atoms with Crippen molar-refractivity contribution in [3.63, 3.8) is 0 Å². The standard InChI is InChI=1S/C19H18BrN3O4/c1-3-27-17(24)10-15-18(23-11-13(20)7-8-16(23)21-15)22-19(25)12-5-4-6-14(9-12)26-2/h4-9,11H,3,10H2,1-2H3,(H,22,25). The number of aromatic nitrogens is 2. The monoisotopic (exact) mass is 431 g/mol. The Labute approximate surface area is 164 Å². The van der Waals surface area contributed by atoms with Gasteiger partial charge < -0.3 is 14.8 Å². The second-order valence-electron chi connectivity index (χ2n) is 5.65. The zero-order chi connectivity index (χ0) is 19.4. The third-order valence-corrected chi connectivity index (χ3v) is 4.30. The topological polar surface area (TPSA) is 81.9 Å². The number of ether oxygens (including phenoxy) is 2. The van der Waals surface area contributed by atoms with Crippen LogP contribution in [-0.4, -0.2) is 35.0 Å². The highest BCUT2D eigenvalue weighted by atomic mass is 79.9. The zero-order valence-electron chi connectivity index (χ0n) is 14.9. The van der Waals surface area contributed by atoms with Crippen LogP contribution in [0.5, 0.6) is 5.75 Å². The number of benzene rings is 1. The number of fused-ring (bicyclic) bond motifs is 1. The Kier molecular flexibility index (Phi) is 5.75. The average Bonchev–Trinajstić information content (AvgIpc) is 2.98. The molecule has 0 radical (unpaired) electrons. The van der Waals surface area contributed by atoms with Crippen LogP contribution in [0, 0.1) is 0 Å². The van der Waals surface area contributed by atoms with Crippen molar-refractivity contribution in [3.8, 4) is 5.75 Å². The fraction of sp³-hybridized carbons (Fsp3) is 0.211. The van der Waals surface area contributed by atoms with Crippen LogP contribution < -0.4 is 10.1 Å². The Morgan fingerprint density at radius 2 is 2.07 bits per heavy atom. The van der Waals surface area contributed by atoms with E-state index in [1.54, 1.807) is 47.9 Å². The van der Waals surface area contributed by atoms with E-state index in [1.165, 1.54) is 7.11 Å². The first-order valence-corrected chi connectivity index (χ1v) is 9.08. The summed E-state index contributed by atoms with van der Waals surface area (Å²) < 4.78 is 12.7. The number of amides is 1. The van der Waals surface area contributed by atoms with E-state index >= 15 is 0 Å². The smallest absolute Gasteiger partial charge is 0.312 e. The summed E-state index contributed by atoms with van der Waals surface area (Å²) in [6, 6.07) is 10.4. The third-order valence-electron chi connectivity index (χ3n) is 3.84. The summed E-state index contributed by atoms with van der Waals surface area (Å²) in [5, 5.41) is 2.85. The van der Waals surface area contributed by atoms with Crippen LogP contribution >= 0.6 is 15.9 Å². The minimum atomic E-state index is -0.406. The number of carbonyl (C=O) groups is 2. The van der Waals surface area contributed by atoms with Gasteiger partial charge in [0.25, 0.3) is 5.91 Å².